The van der Waals surface area contributed by atoms with Crippen LogP contribution >= 0.6 is 11.3 Å². The van der Waals surface area contributed by atoms with Crippen LogP contribution in [-0.4, -0.2) is 40.2 Å². The first-order valence-corrected chi connectivity index (χ1v) is 8.30. The summed E-state index contributed by atoms with van der Waals surface area (Å²) in [5, 5.41) is 11.8. The molecule has 0 radical (unpaired) electrons. The van der Waals surface area contributed by atoms with Crippen molar-refractivity contribution in [3.05, 3.63) is 40.3 Å². The summed E-state index contributed by atoms with van der Waals surface area (Å²) >= 11 is 1.35. The molecule has 0 aliphatic carbocycles. The maximum absolute atomic E-state index is 12.7. The monoisotopic (exact) mass is 347 g/mol. The summed E-state index contributed by atoms with van der Waals surface area (Å²) < 4.78 is 7.46. The van der Waals surface area contributed by atoms with E-state index in [4.69, 9.17) is 4.74 Å². The van der Waals surface area contributed by atoms with E-state index >= 15 is 0 Å². The molecular formula is C16H17N3O4S. The van der Waals surface area contributed by atoms with E-state index in [-0.39, 0.29) is 18.2 Å². The van der Waals surface area contributed by atoms with Gasteiger partial charge in [0.15, 0.2) is 4.96 Å². The molecule has 126 valence electrons. The first-order valence-electron chi connectivity index (χ1n) is 7.49. The quantitative estimate of drug-likeness (QED) is 0.728. The fourth-order valence-corrected chi connectivity index (χ4v) is 3.42. The number of rotatable bonds is 5. The molecule has 3 rings (SSSR count). The molecule has 8 heteroatoms. The van der Waals surface area contributed by atoms with Crippen molar-refractivity contribution in [2.75, 3.05) is 13.7 Å². The third-order valence-electron chi connectivity index (χ3n) is 3.83. The van der Waals surface area contributed by atoms with Crippen LogP contribution in [0.3, 0.4) is 0 Å². The van der Waals surface area contributed by atoms with Crippen LogP contribution < -0.4 is 15.6 Å². The third-order valence-corrected chi connectivity index (χ3v) is 4.85. The van der Waals surface area contributed by atoms with E-state index in [0.717, 1.165) is 4.70 Å². The number of hydrogen-bond acceptors (Lipinski definition) is 6. The molecule has 24 heavy (non-hydrogen) atoms. The normalized spacial score (nSPS) is 12.5. The van der Waals surface area contributed by atoms with Crippen molar-refractivity contribution in [1.29, 1.82) is 0 Å². The summed E-state index contributed by atoms with van der Waals surface area (Å²) in [5.74, 6) is 0.157. The Balaban J connectivity index is 2.11. The van der Waals surface area contributed by atoms with Gasteiger partial charge in [-0.3, -0.25) is 14.0 Å². The molecule has 0 saturated heterocycles. The Bertz CT molecular complexity index is 959. The van der Waals surface area contributed by atoms with Gasteiger partial charge in [-0.1, -0.05) is 18.3 Å². The highest BCUT2D eigenvalue weighted by molar-refractivity contribution is 7.23. The van der Waals surface area contributed by atoms with Crippen molar-refractivity contribution >= 4 is 32.4 Å². The van der Waals surface area contributed by atoms with Gasteiger partial charge in [-0.05, 0) is 24.6 Å². The highest BCUT2D eigenvalue weighted by Gasteiger charge is 2.18. The van der Waals surface area contributed by atoms with Gasteiger partial charge in [0.25, 0.3) is 11.5 Å². The number of carbonyl (C=O) groups excluding carboxylic acids is 1. The summed E-state index contributed by atoms with van der Waals surface area (Å²) in [6.07, 6.45) is 1.85. The highest BCUT2D eigenvalue weighted by Crippen LogP contribution is 2.27. The average molecular weight is 347 g/mol. The van der Waals surface area contributed by atoms with E-state index in [9.17, 15) is 14.7 Å². The molecule has 0 spiro atoms. The lowest BCUT2D eigenvalue weighted by atomic mass is 10.2. The van der Waals surface area contributed by atoms with Crippen LogP contribution in [0.25, 0.3) is 15.2 Å². The molecule has 0 saturated carbocycles. The van der Waals surface area contributed by atoms with Crippen molar-refractivity contribution in [3.8, 4) is 5.75 Å². The van der Waals surface area contributed by atoms with E-state index in [0.29, 0.717) is 22.6 Å². The lowest BCUT2D eigenvalue weighted by molar-refractivity contribution is 0.0913. The zero-order valence-corrected chi connectivity index (χ0v) is 14.1. The minimum atomic E-state index is -0.532. The fourth-order valence-electron chi connectivity index (χ4n) is 2.41. The number of carbonyl (C=O) groups is 1. The Morgan fingerprint density at radius 1 is 1.50 bits per heavy atom. The molecule has 1 unspecified atom stereocenters. The summed E-state index contributed by atoms with van der Waals surface area (Å²) in [5.41, 5.74) is 0.203. The predicted molar refractivity (Wildman–Crippen MR) is 92.0 cm³/mol. The number of aliphatic hydroxyl groups excluding tert-OH is 1. The largest absolute Gasteiger partial charge is 0.497 e. The van der Waals surface area contributed by atoms with Gasteiger partial charge in [0.1, 0.15) is 11.3 Å². The lowest BCUT2D eigenvalue weighted by Gasteiger charge is -2.13. The number of amides is 1. The van der Waals surface area contributed by atoms with Crippen molar-refractivity contribution in [3.63, 3.8) is 0 Å². The Morgan fingerprint density at radius 2 is 2.29 bits per heavy atom. The third kappa shape index (κ3) is 2.74. The topological polar surface area (TPSA) is 92.9 Å². The number of hydrogen-bond donors (Lipinski definition) is 2. The maximum atomic E-state index is 12.7. The van der Waals surface area contributed by atoms with Crippen LogP contribution in [0.2, 0.25) is 0 Å². The number of thiazole rings is 1. The molecule has 0 fully saturated rings. The van der Waals surface area contributed by atoms with Crippen LogP contribution in [0.1, 0.15) is 23.7 Å². The summed E-state index contributed by atoms with van der Waals surface area (Å²) in [7, 11) is 1.58. The van der Waals surface area contributed by atoms with E-state index < -0.39 is 11.5 Å². The smallest absolute Gasteiger partial charge is 0.271 e. The Kier molecular flexibility index (Phi) is 4.50. The Morgan fingerprint density at radius 3 is 2.96 bits per heavy atom. The Labute approximate surface area is 141 Å². The molecule has 1 atom stereocenters. The number of nitrogens with zero attached hydrogens (tertiary/aromatic N) is 2. The number of fused-ring (bicyclic) bond motifs is 3. The van der Waals surface area contributed by atoms with Crippen molar-refractivity contribution < 1.29 is 14.6 Å². The molecule has 2 N–H and O–H groups in total. The van der Waals surface area contributed by atoms with Gasteiger partial charge in [-0.15, -0.1) is 0 Å². The van der Waals surface area contributed by atoms with Crippen LogP contribution in [0.4, 0.5) is 0 Å². The van der Waals surface area contributed by atoms with Crippen molar-refractivity contribution in [2.45, 2.75) is 19.4 Å². The van der Waals surface area contributed by atoms with Crippen LogP contribution in [0, 0.1) is 0 Å². The number of ether oxygens (including phenoxy) is 1. The van der Waals surface area contributed by atoms with E-state index in [1.54, 1.807) is 19.2 Å². The number of benzene rings is 1. The molecule has 0 bridgehead atoms. The highest BCUT2D eigenvalue weighted by atomic mass is 32.1. The fraction of sp³-hybridized carbons (Fsp3) is 0.312. The van der Waals surface area contributed by atoms with Gasteiger partial charge in [0.2, 0.25) is 0 Å². The van der Waals surface area contributed by atoms with Gasteiger partial charge in [0, 0.05) is 6.20 Å². The van der Waals surface area contributed by atoms with Crippen LogP contribution in [0.5, 0.6) is 5.75 Å². The van der Waals surface area contributed by atoms with Crippen molar-refractivity contribution in [2.24, 2.45) is 0 Å². The molecule has 3 aromatic rings. The zero-order valence-electron chi connectivity index (χ0n) is 13.3. The molecule has 7 nitrogen and oxygen atoms in total. The van der Waals surface area contributed by atoms with Gasteiger partial charge >= 0.3 is 0 Å². The minimum Gasteiger partial charge on any atom is -0.497 e. The molecule has 0 aliphatic heterocycles. The molecule has 2 heterocycles. The van der Waals surface area contributed by atoms with Crippen LogP contribution in [-0.2, 0) is 0 Å². The van der Waals surface area contributed by atoms with Crippen LogP contribution in [0.15, 0.2) is 29.2 Å². The average Bonchev–Trinajstić information content (AvgIpc) is 2.97. The second-order valence-corrected chi connectivity index (χ2v) is 6.30. The van der Waals surface area contributed by atoms with Gasteiger partial charge < -0.3 is 15.2 Å². The standard InChI is InChI=1S/C16H17N3O4S/c1-3-9(8-20)18-14(21)11-7-17-16-19(15(11)22)12-5-4-10(23-2)6-13(12)24-16/h4-7,9,20H,3,8H2,1-2H3,(H,18,21). The number of aromatic nitrogens is 2. The number of aliphatic hydroxyl groups is 1. The van der Waals surface area contributed by atoms with Gasteiger partial charge in [-0.2, -0.15) is 0 Å². The predicted octanol–water partition coefficient (Wildman–Crippen LogP) is 1.42. The lowest BCUT2D eigenvalue weighted by Crippen LogP contribution is -2.39. The minimum absolute atomic E-state index is 0.0464. The summed E-state index contributed by atoms with van der Waals surface area (Å²) in [4.78, 5) is 29.8. The summed E-state index contributed by atoms with van der Waals surface area (Å²) in [6.45, 7) is 1.66. The molecule has 1 aromatic carbocycles. The van der Waals surface area contributed by atoms with E-state index in [2.05, 4.69) is 10.3 Å². The van der Waals surface area contributed by atoms with Crippen molar-refractivity contribution in [1.82, 2.24) is 14.7 Å². The second-order valence-electron chi connectivity index (χ2n) is 5.29. The number of methoxy groups -OCH3 is 1. The molecule has 0 aliphatic rings. The zero-order chi connectivity index (χ0) is 17.3. The molecule has 2 aromatic heterocycles. The van der Waals surface area contributed by atoms with Gasteiger partial charge in [-0.25, -0.2) is 4.98 Å². The Hall–Kier alpha value is -2.45. The summed E-state index contributed by atoms with van der Waals surface area (Å²) in [6, 6.07) is 4.96. The number of nitrogens with one attached hydrogen (secondary N) is 1. The molecule has 1 amide bonds. The first-order chi connectivity index (χ1) is 11.6. The van der Waals surface area contributed by atoms with E-state index in [1.807, 2.05) is 13.0 Å². The maximum Gasteiger partial charge on any atom is 0.271 e. The first kappa shape index (κ1) is 16.4. The van der Waals surface area contributed by atoms with E-state index in [1.165, 1.54) is 21.9 Å². The van der Waals surface area contributed by atoms with Gasteiger partial charge in [0.05, 0.1) is 30.0 Å². The molecular weight excluding hydrogens is 330 g/mol. The SMILES string of the molecule is CCC(CO)NC(=O)c1cnc2sc3cc(OC)ccc3n2c1=O. The second kappa shape index (κ2) is 6.58.